The minimum atomic E-state index is -3.92. The monoisotopic (exact) mass is 1080 g/mol. The van der Waals surface area contributed by atoms with E-state index in [2.05, 4.69) is 45.8 Å². The summed E-state index contributed by atoms with van der Waals surface area (Å²) >= 11 is 3.61. The van der Waals surface area contributed by atoms with E-state index in [0.29, 0.717) is 71.5 Å². The van der Waals surface area contributed by atoms with Crippen LogP contribution in [0.3, 0.4) is 0 Å². The maximum Gasteiger partial charge on any atom is 0.272 e. The fraction of sp³-hybridized carbons (Fsp3) is 0.429. The van der Waals surface area contributed by atoms with E-state index in [1.807, 2.05) is 41.8 Å². The number of amides is 3. The number of benzene rings is 2. The minimum Gasteiger partial charge on any atom is -0.497 e. The third-order valence-corrected chi connectivity index (χ3v) is 19.0. The molecule has 3 amide bonds. The predicted molar refractivity (Wildman–Crippen MR) is 283 cm³/mol. The van der Waals surface area contributed by atoms with Gasteiger partial charge in [0, 0.05) is 49.5 Å². The fourth-order valence-corrected chi connectivity index (χ4v) is 13.9. The summed E-state index contributed by atoms with van der Waals surface area (Å²) in [4.78, 5) is 55.5. The maximum atomic E-state index is 13.8. The number of sulfonamides is 2. The van der Waals surface area contributed by atoms with Crippen molar-refractivity contribution in [1.82, 2.24) is 34.8 Å². The smallest absolute Gasteiger partial charge is 0.272 e. The summed E-state index contributed by atoms with van der Waals surface area (Å²) in [7, 11) is -6.04. The quantitative estimate of drug-likeness (QED) is 0.0365. The zero-order valence-corrected chi connectivity index (χ0v) is 44.1. The first kappa shape index (κ1) is 52.9. The van der Waals surface area contributed by atoms with Crippen molar-refractivity contribution in [2.75, 3.05) is 61.7 Å². The van der Waals surface area contributed by atoms with Gasteiger partial charge in [-0.15, -0.1) is 22.7 Å². The lowest BCUT2D eigenvalue weighted by molar-refractivity contribution is -0.121. The van der Waals surface area contributed by atoms with Gasteiger partial charge in [0.1, 0.15) is 32.2 Å². The van der Waals surface area contributed by atoms with E-state index in [4.69, 9.17) is 4.74 Å². The summed E-state index contributed by atoms with van der Waals surface area (Å²) in [5.41, 5.74) is 3.13. The summed E-state index contributed by atoms with van der Waals surface area (Å²) in [6, 6.07) is 19.9. The van der Waals surface area contributed by atoms with Gasteiger partial charge in [-0.3, -0.25) is 19.1 Å². The van der Waals surface area contributed by atoms with Gasteiger partial charge in [-0.25, -0.2) is 31.8 Å². The van der Waals surface area contributed by atoms with Crippen LogP contribution in [0.4, 0.5) is 16.1 Å². The van der Waals surface area contributed by atoms with Crippen LogP contribution in [0.2, 0.25) is 0 Å². The molecule has 2 fully saturated rings. The SMILES string of the molecule is COc1ccc(-c2csc(NC(=O)[C@H]3CCCCN3S(=O)(=O)c3ccc(CNCCCCCCCC(=O)NCCN4CCC(C(=O)Nc5nc6ccc(NS(=O)(=O)c7cccs7)nc6s5)CC4)cc3)n2)cc1. The molecule has 23 heteroatoms. The second-order valence-corrected chi connectivity index (χ2v) is 24.3. The van der Waals surface area contributed by atoms with Gasteiger partial charge in [0.15, 0.2) is 10.3 Å². The molecule has 0 spiro atoms. The topological polar surface area (TPSA) is 234 Å². The summed E-state index contributed by atoms with van der Waals surface area (Å²) < 4.78 is 62.2. The van der Waals surface area contributed by atoms with Gasteiger partial charge in [0.25, 0.3) is 10.0 Å². The number of thiophene rings is 1. The molecular formula is C49H60N10O8S5. The number of methoxy groups -OCH3 is 1. The van der Waals surface area contributed by atoms with Crippen LogP contribution in [0, 0.1) is 5.92 Å². The first-order chi connectivity index (χ1) is 34.8. The standard InChI is InChI=1S/C49H60N10O8S5/c1-67-37-17-15-35(16-18-37)40-33-69-48(53-40)56-46(62)41-10-6-8-27-59(41)72(65,66)38-19-13-34(14-20-38)32-50-25-7-4-2-3-5-11-43(60)51-26-30-58-28-23-36(24-29-58)45(61)55-49-52-39-21-22-42(54-47(39)70-49)57-71(63,64)44-12-9-31-68-44/h9,12-22,31,33,36,41,50H,2-8,10-11,23-30,32H2,1H3,(H,51,60)(H,54,57)(H,52,55,61)(H,53,56,62)/t41-/m1/s1. The number of unbranched alkanes of at least 4 members (excludes halogenated alkanes) is 4. The highest BCUT2D eigenvalue weighted by Crippen LogP contribution is 2.31. The van der Waals surface area contributed by atoms with Crippen LogP contribution in [-0.2, 0) is 41.0 Å². The Hall–Kier alpha value is -5.40. The van der Waals surface area contributed by atoms with E-state index >= 15 is 0 Å². The molecule has 2 aromatic carbocycles. The predicted octanol–water partition coefficient (Wildman–Crippen LogP) is 7.76. The van der Waals surface area contributed by atoms with E-state index in [0.717, 1.165) is 92.9 Å². The van der Waals surface area contributed by atoms with Gasteiger partial charge in [-0.05, 0) is 124 Å². The zero-order chi connectivity index (χ0) is 50.5. The van der Waals surface area contributed by atoms with Gasteiger partial charge >= 0.3 is 0 Å². The van der Waals surface area contributed by atoms with Gasteiger partial charge in [-0.2, -0.15) is 4.31 Å². The van der Waals surface area contributed by atoms with Crippen molar-refractivity contribution in [1.29, 1.82) is 0 Å². The number of aromatic nitrogens is 3. The van der Waals surface area contributed by atoms with Gasteiger partial charge < -0.3 is 30.9 Å². The molecule has 0 aliphatic carbocycles. The van der Waals surface area contributed by atoms with Crippen LogP contribution < -0.4 is 30.7 Å². The Labute approximate surface area is 432 Å². The summed E-state index contributed by atoms with van der Waals surface area (Å²) in [6.45, 7) is 4.48. The van der Waals surface area contributed by atoms with E-state index < -0.39 is 26.1 Å². The van der Waals surface area contributed by atoms with Crippen LogP contribution in [0.25, 0.3) is 21.6 Å². The molecule has 2 aliphatic heterocycles. The third kappa shape index (κ3) is 14.2. The molecular weight excluding hydrogens is 1020 g/mol. The lowest BCUT2D eigenvalue weighted by Crippen LogP contribution is -2.49. The van der Waals surface area contributed by atoms with Crippen LogP contribution in [-0.4, -0.2) is 111 Å². The zero-order valence-electron chi connectivity index (χ0n) is 40.0. The lowest BCUT2D eigenvalue weighted by atomic mass is 9.96. The molecule has 0 bridgehead atoms. The molecule has 2 saturated heterocycles. The first-order valence-corrected chi connectivity index (χ1v) is 29.7. The van der Waals surface area contributed by atoms with Crippen LogP contribution in [0.5, 0.6) is 5.75 Å². The molecule has 0 saturated carbocycles. The number of thiazole rings is 2. The van der Waals surface area contributed by atoms with Crippen molar-refractivity contribution >= 4 is 98.2 Å². The Kier molecular flexibility index (Phi) is 18.4. The number of hydrogen-bond acceptors (Lipinski definition) is 16. The van der Waals surface area contributed by atoms with Crippen molar-refractivity contribution in [3.8, 4) is 17.0 Å². The number of rotatable bonds is 24. The fourth-order valence-electron chi connectivity index (χ4n) is 8.68. The molecule has 72 heavy (non-hydrogen) atoms. The third-order valence-electron chi connectivity index (χ3n) is 12.7. The largest absolute Gasteiger partial charge is 0.497 e. The van der Waals surface area contributed by atoms with Crippen molar-refractivity contribution in [2.24, 2.45) is 5.92 Å². The summed E-state index contributed by atoms with van der Waals surface area (Å²) in [5, 5.41) is 16.6. The van der Waals surface area contributed by atoms with Crippen molar-refractivity contribution in [3.05, 3.63) is 89.1 Å². The highest BCUT2D eigenvalue weighted by molar-refractivity contribution is 7.94. The number of piperidine rings is 2. The number of hydrogen-bond donors (Lipinski definition) is 5. The van der Waals surface area contributed by atoms with Crippen molar-refractivity contribution < 1.29 is 36.0 Å². The summed E-state index contributed by atoms with van der Waals surface area (Å²) in [6.07, 6.45) is 8.61. The number of anilines is 3. The second kappa shape index (κ2) is 25.0. The number of fused-ring (bicyclic) bond motifs is 1. The maximum absolute atomic E-state index is 13.8. The van der Waals surface area contributed by atoms with Crippen molar-refractivity contribution in [3.63, 3.8) is 0 Å². The van der Waals surface area contributed by atoms with E-state index in [-0.39, 0.29) is 45.1 Å². The molecule has 4 aromatic heterocycles. The van der Waals surface area contributed by atoms with E-state index in [1.54, 1.807) is 42.8 Å². The molecule has 5 N–H and O–H groups in total. The number of pyridine rings is 1. The molecule has 18 nitrogen and oxygen atoms in total. The van der Waals surface area contributed by atoms with Gasteiger partial charge in [-0.1, -0.05) is 55.2 Å². The Balaban J connectivity index is 0.653. The number of carbonyl (C=O) groups excluding carboxylic acids is 3. The van der Waals surface area contributed by atoms with Crippen LogP contribution in [0.15, 0.2) is 92.7 Å². The molecule has 0 unspecified atom stereocenters. The molecule has 6 heterocycles. The highest BCUT2D eigenvalue weighted by Gasteiger charge is 2.38. The number of ether oxygens (including phenoxy) is 1. The Morgan fingerprint density at radius 2 is 1.53 bits per heavy atom. The average molecular weight is 1080 g/mol. The molecule has 0 radical (unpaired) electrons. The molecule has 6 aromatic rings. The lowest BCUT2D eigenvalue weighted by Gasteiger charge is -2.33. The van der Waals surface area contributed by atoms with Crippen LogP contribution in [0.1, 0.15) is 76.2 Å². The Bertz CT molecular complexity index is 2980. The summed E-state index contributed by atoms with van der Waals surface area (Å²) in [5.74, 6) is 0.322. The number of carbonyl (C=O) groups is 3. The van der Waals surface area contributed by atoms with Gasteiger partial charge in [0.2, 0.25) is 27.7 Å². The molecule has 384 valence electrons. The number of likely N-dealkylation sites (tertiary alicyclic amines) is 1. The molecule has 2 aliphatic rings. The van der Waals surface area contributed by atoms with Gasteiger partial charge in [0.05, 0.1) is 17.7 Å². The highest BCUT2D eigenvalue weighted by atomic mass is 32.2. The van der Waals surface area contributed by atoms with E-state index in [9.17, 15) is 31.2 Å². The van der Waals surface area contributed by atoms with Crippen LogP contribution >= 0.6 is 34.0 Å². The number of nitrogens with zero attached hydrogens (tertiary/aromatic N) is 5. The Morgan fingerprint density at radius 1 is 0.764 bits per heavy atom. The average Bonchev–Trinajstić information content (AvgIpc) is 4.19. The first-order valence-electron chi connectivity index (χ1n) is 24.2. The normalized spacial score (nSPS) is 16.1. The van der Waals surface area contributed by atoms with Crippen molar-refractivity contribution in [2.45, 2.75) is 92.3 Å². The minimum absolute atomic E-state index is 0.0511. The Morgan fingerprint density at radius 3 is 2.29 bits per heavy atom. The second-order valence-electron chi connectivity index (χ2n) is 17.8. The molecule has 8 rings (SSSR count). The molecule has 1 atom stereocenters. The van der Waals surface area contributed by atoms with E-state index in [1.165, 1.54) is 33.0 Å². The number of nitrogens with one attached hydrogen (secondary N) is 5.